The van der Waals surface area contributed by atoms with Crippen LogP contribution in [0.4, 0.5) is 0 Å². The van der Waals surface area contributed by atoms with Crippen molar-refractivity contribution in [3.05, 3.63) is 65.7 Å². The number of rotatable bonds is 10. The second kappa shape index (κ2) is 11.8. The quantitative estimate of drug-likeness (QED) is 0.242. The molecule has 9 nitrogen and oxygen atoms in total. The number of hydrogen-bond acceptors (Lipinski definition) is 7. The molecule has 0 aliphatic heterocycles. The van der Waals surface area contributed by atoms with Gasteiger partial charge in [0.05, 0.1) is 18.2 Å². The van der Waals surface area contributed by atoms with Crippen LogP contribution in [0, 0.1) is 0 Å². The van der Waals surface area contributed by atoms with Crippen molar-refractivity contribution in [2.45, 2.75) is 97.2 Å². The lowest BCUT2D eigenvalue weighted by Gasteiger charge is -2.31. The van der Waals surface area contributed by atoms with Gasteiger partial charge in [0.25, 0.3) is 0 Å². The van der Waals surface area contributed by atoms with Gasteiger partial charge in [-0.15, -0.1) is 15.3 Å². The highest BCUT2D eigenvalue weighted by atomic mass is 16.7. The number of aromatic amines is 1. The fraction of sp³-hybridized carbons (Fsp3) is 0.500. The van der Waals surface area contributed by atoms with Crippen molar-refractivity contribution >= 4 is 0 Å². The second-order valence-corrected chi connectivity index (χ2v) is 11.0. The predicted molar refractivity (Wildman–Crippen MR) is 150 cm³/mol. The Labute approximate surface area is 230 Å². The molecule has 0 amide bonds. The van der Waals surface area contributed by atoms with Gasteiger partial charge in [-0.05, 0) is 69.4 Å². The molecule has 0 bridgehead atoms. The first-order chi connectivity index (χ1) is 18.8. The van der Waals surface area contributed by atoms with Gasteiger partial charge in [-0.3, -0.25) is 0 Å². The largest absolute Gasteiger partial charge is 0.341 e. The summed E-state index contributed by atoms with van der Waals surface area (Å²) in [6.07, 6.45) is 6.58. The van der Waals surface area contributed by atoms with E-state index in [1.54, 1.807) is 0 Å². The third-order valence-corrected chi connectivity index (χ3v) is 7.09. The Morgan fingerprint density at radius 3 is 2.21 bits per heavy atom. The second-order valence-electron chi connectivity index (χ2n) is 11.0. The zero-order valence-electron chi connectivity index (χ0n) is 23.6. The van der Waals surface area contributed by atoms with Crippen LogP contribution in [-0.4, -0.2) is 47.6 Å². The van der Waals surface area contributed by atoms with Crippen molar-refractivity contribution < 1.29 is 9.47 Å². The molecule has 5 rings (SSSR count). The Bertz CT molecular complexity index is 1330. The number of nitrogens with zero attached hydrogens (tertiary/aromatic N) is 6. The zero-order valence-corrected chi connectivity index (χ0v) is 23.6. The summed E-state index contributed by atoms with van der Waals surface area (Å²) in [5.74, 6) is 1.11. The zero-order chi connectivity index (χ0) is 27.4. The predicted octanol–water partition coefficient (Wildman–Crippen LogP) is 6.24. The molecule has 1 aliphatic rings. The van der Waals surface area contributed by atoms with Gasteiger partial charge in [-0.25, -0.2) is 9.67 Å². The molecule has 1 saturated carbocycles. The van der Waals surface area contributed by atoms with E-state index in [1.165, 1.54) is 24.8 Å². The number of nitrogens with one attached hydrogen (secondary N) is 1. The number of aromatic nitrogens is 7. The van der Waals surface area contributed by atoms with E-state index in [1.807, 2.05) is 52.8 Å². The van der Waals surface area contributed by atoms with E-state index in [9.17, 15) is 0 Å². The summed E-state index contributed by atoms with van der Waals surface area (Å²) >= 11 is 0. The first kappa shape index (κ1) is 27.1. The van der Waals surface area contributed by atoms with Crippen molar-refractivity contribution in [1.82, 2.24) is 35.4 Å². The van der Waals surface area contributed by atoms with Crippen molar-refractivity contribution in [1.29, 1.82) is 0 Å². The topological polar surface area (TPSA) is 104 Å². The standard InChI is InChI=1S/C30H39N7O2/c1-20(2)38-30(5,39-21(3)4)29-31-27(37(34-29)24-11-7-6-8-12-24)19-22-15-17-23(18-16-22)25-13-9-10-14-26(25)28-32-35-36-33-28/h9-10,13-18,20-21,24H,6-8,11-12,19H2,1-5H3,(H,32,33,35,36). The van der Waals surface area contributed by atoms with Crippen molar-refractivity contribution in [2.24, 2.45) is 0 Å². The molecule has 1 aliphatic carbocycles. The van der Waals surface area contributed by atoms with E-state index in [0.717, 1.165) is 35.4 Å². The van der Waals surface area contributed by atoms with Gasteiger partial charge in [0.15, 0.2) is 0 Å². The summed E-state index contributed by atoms with van der Waals surface area (Å²) in [4.78, 5) is 5.06. The third-order valence-electron chi connectivity index (χ3n) is 7.09. The summed E-state index contributed by atoms with van der Waals surface area (Å²) in [7, 11) is 0. The number of benzene rings is 2. The number of ether oxygens (including phenoxy) is 2. The molecule has 4 aromatic rings. The van der Waals surface area contributed by atoms with E-state index in [2.05, 4.69) is 55.6 Å². The molecular weight excluding hydrogens is 490 g/mol. The molecule has 0 spiro atoms. The fourth-order valence-corrected chi connectivity index (χ4v) is 5.51. The Morgan fingerprint density at radius 1 is 0.923 bits per heavy atom. The molecule has 9 heteroatoms. The maximum Gasteiger partial charge on any atom is 0.229 e. The van der Waals surface area contributed by atoms with Crippen molar-refractivity contribution in [3.63, 3.8) is 0 Å². The molecule has 0 radical (unpaired) electrons. The van der Waals surface area contributed by atoms with Crippen molar-refractivity contribution in [3.8, 4) is 22.5 Å². The number of H-pyrrole nitrogens is 1. The Hall–Kier alpha value is -3.43. The first-order valence-electron chi connectivity index (χ1n) is 14.1. The van der Waals surface area contributed by atoms with Crippen LogP contribution < -0.4 is 0 Å². The molecule has 2 aromatic heterocycles. The highest BCUT2D eigenvalue weighted by molar-refractivity contribution is 5.80. The van der Waals surface area contributed by atoms with Crippen LogP contribution in [-0.2, 0) is 21.7 Å². The lowest BCUT2D eigenvalue weighted by molar-refractivity contribution is -0.271. The lowest BCUT2D eigenvalue weighted by Crippen LogP contribution is -2.36. The molecular formula is C30H39N7O2. The molecule has 2 heterocycles. The molecule has 0 atom stereocenters. The van der Waals surface area contributed by atoms with Gasteiger partial charge in [0, 0.05) is 12.0 Å². The average Bonchev–Trinajstić information content (AvgIpc) is 3.60. The smallest absolute Gasteiger partial charge is 0.229 e. The SMILES string of the molecule is CC(C)OC(C)(OC(C)C)c1nc(Cc2ccc(-c3ccccc3-c3nn[nH]n3)cc2)n(C2CCCCC2)n1. The van der Waals surface area contributed by atoms with E-state index < -0.39 is 5.79 Å². The highest BCUT2D eigenvalue weighted by Crippen LogP contribution is 2.34. The molecule has 39 heavy (non-hydrogen) atoms. The Balaban J connectivity index is 1.46. The normalized spacial score (nSPS) is 14.9. The molecule has 1 fully saturated rings. The first-order valence-corrected chi connectivity index (χ1v) is 14.1. The maximum atomic E-state index is 6.27. The number of tetrazole rings is 1. The van der Waals surface area contributed by atoms with Crippen LogP contribution in [0.1, 0.15) is 90.0 Å². The van der Waals surface area contributed by atoms with Crippen LogP contribution in [0.3, 0.4) is 0 Å². The van der Waals surface area contributed by atoms with Crippen LogP contribution >= 0.6 is 0 Å². The van der Waals surface area contributed by atoms with Gasteiger partial charge < -0.3 is 9.47 Å². The minimum absolute atomic E-state index is 0.0262. The molecule has 0 saturated heterocycles. The fourth-order valence-electron chi connectivity index (χ4n) is 5.51. The van der Waals surface area contributed by atoms with Crippen LogP contribution in [0.2, 0.25) is 0 Å². The summed E-state index contributed by atoms with van der Waals surface area (Å²) in [5, 5.41) is 19.7. The van der Waals surface area contributed by atoms with Gasteiger partial charge in [0.2, 0.25) is 17.4 Å². The molecule has 1 N–H and O–H groups in total. The molecule has 2 aromatic carbocycles. The van der Waals surface area contributed by atoms with Crippen LogP contribution in [0.15, 0.2) is 48.5 Å². The van der Waals surface area contributed by atoms with Gasteiger partial charge >= 0.3 is 0 Å². The minimum atomic E-state index is -1.01. The highest BCUT2D eigenvalue weighted by Gasteiger charge is 2.37. The minimum Gasteiger partial charge on any atom is -0.341 e. The summed E-state index contributed by atoms with van der Waals surface area (Å²) in [5.41, 5.74) is 4.26. The van der Waals surface area contributed by atoms with E-state index >= 15 is 0 Å². The average molecular weight is 530 g/mol. The van der Waals surface area contributed by atoms with Gasteiger partial charge in [-0.1, -0.05) is 67.8 Å². The van der Waals surface area contributed by atoms with Crippen LogP contribution in [0.5, 0.6) is 0 Å². The van der Waals surface area contributed by atoms with Gasteiger partial charge in [0.1, 0.15) is 5.82 Å². The van der Waals surface area contributed by atoms with Crippen molar-refractivity contribution in [2.75, 3.05) is 0 Å². The monoisotopic (exact) mass is 529 g/mol. The van der Waals surface area contributed by atoms with Crippen LogP contribution in [0.25, 0.3) is 22.5 Å². The van der Waals surface area contributed by atoms with Gasteiger partial charge in [-0.2, -0.15) is 5.21 Å². The summed E-state index contributed by atoms with van der Waals surface area (Å²) in [6.45, 7) is 9.99. The van der Waals surface area contributed by atoms with E-state index in [-0.39, 0.29) is 12.2 Å². The molecule has 206 valence electrons. The Morgan fingerprint density at radius 2 is 1.59 bits per heavy atom. The Kier molecular flexibility index (Phi) is 8.18. The molecule has 0 unspecified atom stereocenters. The van der Waals surface area contributed by atoms with E-state index in [4.69, 9.17) is 19.6 Å². The summed E-state index contributed by atoms with van der Waals surface area (Å²) < 4.78 is 14.7. The maximum absolute atomic E-state index is 6.27. The lowest BCUT2D eigenvalue weighted by atomic mass is 9.95. The number of hydrogen-bond donors (Lipinski definition) is 1. The summed E-state index contributed by atoms with van der Waals surface area (Å²) in [6, 6.07) is 17.1. The third kappa shape index (κ3) is 6.25. The van der Waals surface area contributed by atoms with E-state index in [0.29, 0.717) is 24.1 Å².